The summed E-state index contributed by atoms with van der Waals surface area (Å²) >= 11 is 0. The Hall–Kier alpha value is -3.13. The Morgan fingerprint density at radius 1 is 1.09 bits per heavy atom. The van der Waals surface area contributed by atoms with Gasteiger partial charge in [-0.05, 0) is 29.8 Å². The molecule has 0 amide bonds. The van der Waals surface area contributed by atoms with Gasteiger partial charge >= 0.3 is 5.69 Å². The SMILES string of the molecule is Cn1c(=O)n(Cc2cccc(C#N)c2)c(=O)c2ccccc21. The number of aryl methyl sites for hydroxylation is 1. The molecule has 0 aliphatic heterocycles. The molecule has 0 radical (unpaired) electrons. The summed E-state index contributed by atoms with van der Waals surface area (Å²) in [5, 5.41) is 9.44. The van der Waals surface area contributed by atoms with Crippen LogP contribution in [-0.2, 0) is 13.6 Å². The molecular formula is C17H13N3O2. The summed E-state index contributed by atoms with van der Waals surface area (Å²) in [7, 11) is 1.65. The van der Waals surface area contributed by atoms with Gasteiger partial charge in [0.1, 0.15) is 0 Å². The van der Waals surface area contributed by atoms with E-state index in [-0.39, 0.29) is 17.8 Å². The molecule has 2 aromatic carbocycles. The Kier molecular flexibility index (Phi) is 3.36. The van der Waals surface area contributed by atoms with Gasteiger partial charge in [0.15, 0.2) is 0 Å². The number of benzene rings is 2. The molecule has 1 heterocycles. The Bertz CT molecular complexity index is 1020. The van der Waals surface area contributed by atoms with E-state index >= 15 is 0 Å². The number of hydrogen-bond acceptors (Lipinski definition) is 3. The lowest BCUT2D eigenvalue weighted by molar-refractivity contribution is 0.660. The second-order valence-electron chi connectivity index (χ2n) is 5.06. The van der Waals surface area contributed by atoms with Gasteiger partial charge in [0.2, 0.25) is 0 Å². The zero-order chi connectivity index (χ0) is 15.7. The van der Waals surface area contributed by atoms with E-state index in [9.17, 15) is 9.59 Å². The summed E-state index contributed by atoms with van der Waals surface area (Å²) in [6, 6.07) is 16.0. The summed E-state index contributed by atoms with van der Waals surface area (Å²) < 4.78 is 2.66. The van der Waals surface area contributed by atoms with Crippen molar-refractivity contribution in [1.82, 2.24) is 9.13 Å². The van der Waals surface area contributed by atoms with E-state index in [1.807, 2.05) is 0 Å². The fourth-order valence-electron chi connectivity index (χ4n) is 2.52. The van der Waals surface area contributed by atoms with Crippen molar-refractivity contribution < 1.29 is 0 Å². The van der Waals surface area contributed by atoms with Crippen molar-refractivity contribution in [2.45, 2.75) is 6.54 Å². The topological polar surface area (TPSA) is 67.8 Å². The number of aromatic nitrogens is 2. The highest BCUT2D eigenvalue weighted by Crippen LogP contribution is 2.08. The van der Waals surface area contributed by atoms with Crippen LogP contribution in [0.3, 0.4) is 0 Å². The van der Waals surface area contributed by atoms with Crippen LogP contribution in [0.2, 0.25) is 0 Å². The van der Waals surface area contributed by atoms with Crippen molar-refractivity contribution in [3.8, 4) is 6.07 Å². The molecule has 0 N–H and O–H groups in total. The Balaban J connectivity index is 2.21. The predicted molar refractivity (Wildman–Crippen MR) is 83.7 cm³/mol. The molecule has 0 atom stereocenters. The highest BCUT2D eigenvalue weighted by molar-refractivity contribution is 5.77. The fourth-order valence-corrected chi connectivity index (χ4v) is 2.52. The van der Waals surface area contributed by atoms with Crippen LogP contribution in [0.4, 0.5) is 0 Å². The lowest BCUT2D eigenvalue weighted by atomic mass is 10.1. The minimum absolute atomic E-state index is 0.145. The van der Waals surface area contributed by atoms with Gasteiger partial charge in [-0.1, -0.05) is 24.3 Å². The van der Waals surface area contributed by atoms with E-state index in [0.29, 0.717) is 16.5 Å². The molecule has 5 nitrogen and oxygen atoms in total. The van der Waals surface area contributed by atoms with Crippen LogP contribution in [0.15, 0.2) is 58.1 Å². The van der Waals surface area contributed by atoms with Gasteiger partial charge in [-0.25, -0.2) is 4.79 Å². The van der Waals surface area contributed by atoms with E-state index < -0.39 is 0 Å². The maximum atomic E-state index is 12.5. The number of nitrogens with zero attached hydrogens (tertiary/aromatic N) is 3. The molecule has 0 fully saturated rings. The molecule has 1 aromatic heterocycles. The Morgan fingerprint density at radius 3 is 2.64 bits per heavy atom. The Morgan fingerprint density at radius 2 is 1.86 bits per heavy atom. The van der Waals surface area contributed by atoms with E-state index in [1.165, 1.54) is 9.13 Å². The molecule has 0 spiro atoms. The molecule has 22 heavy (non-hydrogen) atoms. The molecule has 5 heteroatoms. The van der Waals surface area contributed by atoms with Gasteiger partial charge in [0.25, 0.3) is 5.56 Å². The zero-order valence-electron chi connectivity index (χ0n) is 12.0. The zero-order valence-corrected chi connectivity index (χ0v) is 12.0. The van der Waals surface area contributed by atoms with Crippen molar-refractivity contribution >= 4 is 10.9 Å². The van der Waals surface area contributed by atoms with Crippen molar-refractivity contribution in [3.63, 3.8) is 0 Å². The normalized spacial score (nSPS) is 10.5. The number of hydrogen-bond donors (Lipinski definition) is 0. The molecule has 0 unspecified atom stereocenters. The van der Waals surface area contributed by atoms with Gasteiger partial charge in [0, 0.05) is 7.05 Å². The smallest absolute Gasteiger partial charge is 0.296 e. The largest absolute Gasteiger partial charge is 0.331 e. The third-order valence-corrected chi connectivity index (χ3v) is 3.66. The lowest BCUT2D eigenvalue weighted by Crippen LogP contribution is -2.39. The highest BCUT2D eigenvalue weighted by Gasteiger charge is 2.10. The molecule has 0 saturated carbocycles. The first-order valence-corrected chi connectivity index (χ1v) is 6.79. The first-order valence-electron chi connectivity index (χ1n) is 6.79. The third kappa shape index (κ3) is 2.21. The summed E-state index contributed by atoms with van der Waals surface area (Å²) in [6.07, 6.45) is 0. The Labute approximate surface area is 126 Å². The number of fused-ring (bicyclic) bond motifs is 1. The van der Waals surface area contributed by atoms with Gasteiger partial charge in [-0.3, -0.25) is 13.9 Å². The summed E-state index contributed by atoms with van der Waals surface area (Å²) in [5.74, 6) is 0. The van der Waals surface area contributed by atoms with Crippen LogP contribution in [0.1, 0.15) is 11.1 Å². The average Bonchev–Trinajstić information content (AvgIpc) is 2.57. The first kappa shape index (κ1) is 13.8. The van der Waals surface area contributed by atoms with E-state index in [1.54, 1.807) is 55.6 Å². The van der Waals surface area contributed by atoms with E-state index in [2.05, 4.69) is 6.07 Å². The van der Waals surface area contributed by atoms with Gasteiger partial charge in [-0.15, -0.1) is 0 Å². The van der Waals surface area contributed by atoms with Gasteiger partial charge in [-0.2, -0.15) is 5.26 Å². The minimum Gasteiger partial charge on any atom is -0.296 e. The predicted octanol–water partition coefficient (Wildman–Crippen LogP) is 1.62. The van der Waals surface area contributed by atoms with E-state index in [4.69, 9.17) is 5.26 Å². The maximum Gasteiger partial charge on any atom is 0.331 e. The van der Waals surface area contributed by atoms with Crippen LogP contribution < -0.4 is 11.2 Å². The summed E-state index contributed by atoms with van der Waals surface area (Å²) in [5.41, 5.74) is 1.17. The minimum atomic E-state index is -0.369. The van der Waals surface area contributed by atoms with Crippen LogP contribution in [-0.4, -0.2) is 9.13 Å². The first-order chi connectivity index (χ1) is 10.6. The maximum absolute atomic E-state index is 12.5. The second-order valence-corrected chi connectivity index (χ2v) is 5.06. The summed E-state index contributed by atoms with van der Waals surface area (Å²) in [6.45, 7) is 0.145. The van der Waals surface area contributed by atoms with Crippen LogP contribution >= 0.6 is 0 Å². The van der Waals surface area contributed by atoms with Crippen LogP contribution in [0.5, 0.6) is 0 Å². The average molecular weight is 291 g/mol. The van der Waals surface area contributed by atoms with Crippen molar-refractivity contribution in [3.05, 3.63) is 80.5 Å². The highest BCUT2D eigenvalue weighted by atomic mass is 16.2. The molecule has 3 aromatic rings. The fraction of sp³-hybridized carbons (Fsp3) is 0.118. The molecular weight excluding hydrogens is 278 g/mol. The molecule has 0 aliphatic carbocycles. The lowest BCUT2D eigenvalue weighted by Gasteiger charge is -2.10. The van der Waals surface area contributed by atoms with Crippen molar-refractivity contribution in [1.29, 1.82) is 5.26 Å². The standard InChI is InChI=1S/C17H13N3O2/c1-19-15-8-3-2-7-14(15)16(21)20(17(19)22)11-13-6-4-5-12(9-13)10-18/h2-9H,11H2,1H3. The quantitative estimate of drug-likeness (QED) is 0.720. The number of para-hydroxylation sites is 1. The van der Waals surface area contributed by atoms with Crippen molar-refractivity contribution in [2.24, 2.45) is 7.05 Å². The monoisotopic (exact) mass is 291 g/mol. The molecule has 0 bridgehead atoms. The molecule has 3 rings (SSSR count). The summed E-state index contributed by atoms with van der Waals surface area (Å²) in [4.78, 5) is 25.0. The molecule has 0 saturated heterocycles. The molecule has 108 valence electrons. The van der Waals surface area contributed by atoms with Gasteiger partial charge in [0.05, 0.1) is 29.1 Å². The van der Waals surface area contributed by atoms with Crippen LogP contribution in [0, 0.1) is 11.3 Å². The number of nitriles is 1. The third-order valence-electron chi connectivity index (χ3n) is 3.66. The second kappa shape index (κ2) is 5.34. The number of rotatable bonds is 2. The molecule has 0 aliphatic rings. The van der Waals surface area contributed by atoms with E-state index in [0.717, 1.165) is 5.56 Å². The van der Waals surface area contributed by atoms with Crippen molar-refractivity contribution in [2.75, 3.05) is 0 Å². The van der Waals surface area contributed by atoms with Crippen LogP contribution in [0.25, 0.3) is 10.9 Å². The van der Waals surface area contributed by atoms with Gasteiger partial charge < -0.3 is 0 Å².